The molecule has 0 radical (unpaired) electrons. The molecule has 0 spiro atoms. The van der Waals surface area contributed by atoms with E-state index in [0.29, 0.717) is 16.7 Å². The molecule has 32 heavy (non-hydrogen) atoms. The van der Waals surface area contributed by atoms with Crippen LogP contribution in [-0.4, -0.2) is 49.2 Å². The number of aromatic nitrogens is 6. The molecule has 1 aromatic carbocycles. The normalized spacial score (nSPS) is 12.2. The molecule has 1 atom stereocenters. The highest BCUT2D eigenvalue weighted by atomic mass is 19.1. The fraction of sp³-hybridized carbons (Fsp3) is 0.286. The van der Waals surface area contributed by atoms with E-state index in [-0.39, 0.29) is 29.6 Å². The first-order chi connectivity index (χ1) is 15.3. The summed E-state index contributed by atoms with van der Waals surface area (Å²) in [5.74, 6) is -1.50. The number of carbonyl (C=O) groups is 1. The lowest BCUT2D eigenvalue weighted by molar-refractivity contribution is 0.0526. The molecule has 0 saturated heterocycles. The van der Waals surface area contributed by atoms with Gasteiger partial charge in [0.15, 0.2) is 0 Å². The number of esters is 1. The third kappa shape index (κ3) is 3.66. The lowest BCUT2D eigenvalue weighted by Crippen LogP contribution is -2.12. The number of halogens is 2. The van der Waals surface area contributed by atoms with Crippen LogP contribution in [0.2, 0.25) is 0 Å². The van der Waals surface area contributed by atoms with Crippen LogP contribution in [-0.2, 0) is 4.74 Å². The number of hydrogen-bond acceptors (Lipinski definition) is 7. The van der Waals surface area contributed by atoms with Gasteiger partial charge in [-0.3, -0.25) is 4.68 Å². The Balaban J connectivity index is 1.82. The summed E-state index contributed by atoms with van der Waals surface area (Å²) in [4.78, 5) is 20.9. The Labute approximate surface area is 181 Å². The van der Waals surface area contributed by atoms with Crippen LogP contribution in [0.1, 0.15) is 41.5 Å². The van der Waals surface area contributed by atoms with E-state index in [1.165, 1.54) is 41.0 Å². The van der Waals surface area contributed by atoms with Crippen LogP contribution in [0.4, 0.5) is 8.78 Å². The predicted octanol–water partition coefficient (Wildman–Crippen LogP) is 3.39. The molecule has 0 aliphatic rings. The molecule has 0 saturated carbocycles. The number of fused-ring (bicyclic) bond motifs is 1. The van der Waals surface area contributed by atoms with Crippen LogP contribution in [0.25, 0.3) is 17.0 Å². The molecular weight excluding hydrogens is 422 g/mol. The minimum absolute atomic E-state index is 0.160. The van der Waals surface area contributed by atoms with Gasteiger partial charge in [0.05, 0.1) is 37.2 Å². The molecule has 4 aromatic rings. The predicted molar refractivity (Wildman–Crippen MR) is 110 cm³/mol. The first-order valence-corrected chi connectivity index (χ1v) is 9.82. The summed E-state index contributed by atoms with van der Waals surface area (Å²) in [6.07, 6.45) is 2.81. The molecule has 9 nitrogen and oxygen atoms in total. The topological polar surface area (TPSA) is 96.9 Å². The zero-order chi connectivity index (χ0) is 23.0. The van der Waals surface area contributed by atoms with Crippen molar-refractivity contribution in [3.8, 4) is 11.8 Å². The molecule has 3 aromatic heterocycles. The molecule has 0 fully saturated rings. The van der Waals surface area contributed by atoms with Crippen LogP contribution in [0.5, 0.6) is 5.88 Å². The van der Waals surface area contributed by atoms with E-state index in [4.69, 9.17) is 9.47 Å². The van der Waals surface area contributed by atoms with Crippen LogP contribution >= 0.6 is 0 Å². The smallest absolute Gasteiger partial charge is 0.341 e. The SMILES string of the molecule is CCOC(=O)c1cnn(-c2nc(OC)c3c(n2)c(C)nn3[C@@H](C)c2ccc(F)cc2F)c1. The number of methoxy groups -OCH3 is 1. The Morgan fingerprint density at radius 2 is 2.03 bits per heavy atom. The van der Waals surface area contributed by atoms with Gasteiger partial charge in [0.2, 0.25) is 5.88 Å². The van der Waals surface area contributed by atoms with Gasteiger partial charge >= 0.3 is 5.97 Å². The van der Waals surface area contributed by atoms with Crippen molar-refractivity contribution in [2.45, 2.75) is 26.8 Å². The fourth-order valence-electron chi connectivity index (χ4n) is 3.39. The summed E-state index contributed by atoms with van der Waals surface area (Å²) < 4.78 is 41.1. The standard InChI is InChI=1S/C21H20F2N6O3/c1-5-32-20(30)13-9-24-28(10-13)21-25-17-11(2)27-29(18(17)19(26-21)31-4)12(3)15-7-6-14(22)8-16(15)23/h6-10,12H,5H2,1-4H3/t12-/m0/s1. The fourth-order valence-corrected chi connectivity index (χ4v) is 3.39. The van der Waals surface area contributed by atoms with E-state index >= 15 is 0 Å². The molecule has 0 amide bonds. The highest BCUT2D eigenvalue weighted by Gasteiger charge is 2.24. The van der Waals surface area contributed by atoms with Crippen LogP contribution in [0, 0.1) is 18.6 Å². The Kier molecular flexibility index (Phi) is 5.56. The third-order valence-electron chi connectivity index (χ3n) is 4.94. The Bertz CT molecular complexity index is 1320. The van der Waals surface area contributed by atoms with Gasteiger partial charge in [-0.15, -0.1) is 0 Å². The summed E-state index contributed by atoms with van der Waals surface area (Å²) in [5, 5.41) is 8.63. The number of rotatable bonds is 6. The Morgan fingerprint density at radius 1 is 1.25 bits per heavy atom. The lowest BCUT2D eigenvalue weighted by atomic mass is 10.1. The largest absolute Gasteiger partial charge is 0.479 e. The van der Waals surface area contributed by atoms with Gasteiger partial charge in [-0.1, -0.05) is 6.07 Å². The summed E-state index contributed by atoms with van der Waals surface area (Å²) in [7, 11) is 1.44. The van der Waals surface area contributed by atoms with Gasteiger partial charge < -0.3 is 9.47 Å². The van der Waals surface area contributed by atoms with Gasteiger partial charge in [-0.05, 0) is 26.8 Å². The number of carbonyl (C=O) groups excluding carboxylic acids is 1. The van der Waals surface area contributed by atoms with Gasteiger partial charge in [0.25, 0.3) is 5.95 Å². The van der Waals surface area contributed by atoms with Crippen LogP contribution < -0.4 is 4.74 Å². The highest BCUT2D eigenvalue weighted by Crippen LogP contribution is 2.31. The molecule has 0 N–H and O–H groups in total. The van der Waals surface area contributed by atoms with Crippen molar-refractivity contribution in [3.05, 3.63) is 59.0 Å². The number of benzene rings is 1. The minimum Gasteiger partial charge on any atom is -0.479 e. The van der Waals surface area contributed by atoms with Crippen LogP contribution in [0.3, 0.4) is 0 Å². The van der Waals surface area contributed by atoms with Crippen molar-refractivity contribution in [3.63, 3.8) is 0 Å². The molecule has 166 valence electrons. The molecule has 11 heteroatoms. The number of hydrogen-bond donors (Lipinski definition) is 0. The molecule has 0 bridgehead atoms. The number of aryl methyl sites for hydroxylation is 1. The zero-order valence-corrected chi connectivity index (χ0v) is 17.8. The first-order valence-electron chi connectivity index (χ1n) is 9.82. The van der Waals surface area contributed by atoms with E-state index < -0.39 is 23.6 Å². The van der Waals surface area contributed by atoms with Crippen molar-refractivity contribution in [2.75, 3.05) is 13.7 Å². The molecule has 0 aliphatic heterocycles. The third-order valence-corrected chi connectivity index (χ3v) is 4.94. The number of nitrogens with zero attached hydrogens (tertiary/aromatic N) is 6. The summed E-state index contributed by atoms with van der Waals surface area (Å²) in [5.41, 5.74) is 1.97. The van der Waals surface area contributed by atoms with Crippen LogP contribution in [0.15, 0.2) is 30.6 Å². The molecule has 3 heterocycles. The van der Waals surface area contributed by atoms with E-state index in [1.54, 1.807) is 20.8 Å². The van der Waals surface area contributed by atoms with Gasteiger partial charge in [-0.2, -0.15) is 15.2 Å². The average molecular weight is 442 g/mol. The zero-order valence-electron chi connectivity index (χ0n) is 17.8. The van der Waals surface area contributed by atoms with Crippen molar-refractivity contribution in [2.24, 2.45) is 0 Å². The summed E-state index contributed by atoms with van der Waals surface area (Å²) >= 11 is 0. The second-order valence-corrected chi connectivity index (χ2v) is 7.00. The second kappa shape index (κ2) is 8.33. The first kappa shape index (κ1) is 21.3. The maximum atomic E-state index is 14.4. The van der Waals surface area contributed by atoms with Crippen molar-refractivity contribution < 1.29 is 23.0 Å². The number of ether oxygens (including phenoxy) is 2. The second-order valence-electron chi connectivity index (χ2n) is 7.00. The van der Waals surface area contributed by atoms with Crippen molar-refractivity contribution in [1.29, 1.82) is 0 Å². The quantitative estimate of drug-likeness (QED) is 0.422. The Morgan fingerprint density at radius 3 is 2.72 bits per heavy atom. The van der Waals surface area contributed by atoms with E-state index in [0.717, 1.165) is 6.07 Å². The van der Waals surface area contributed by atoms with Gasteiger partial charge in [-0.25, -0.2) is 23.2 Å². The van der Waals surface area contributed by atoms with Gasteiger partial charge in [0.1, 0.15) is 22.7 Å². The van der Waals surface area contributed by atoms with E-state index in [1.807, 2.05) is 0 Å². The molecule has 4 rings (SSSR count). The molecular formula is C21H20F2N6O3. The average Bonchev–Trinajstić information content (AvgIpc) is 3.38. The maximum absolute atomic E-state index is 14.4. The van der Waals surface area contributed by atoms with E-state index in [9.17, 15) is 13.6 Å². The lowest BCUT2D eigenvalue weighted by Gasteiger charge is -2.16. The minimum atomic E-state index is -0.682. The van der Waals surface area contributed by atoms with Crippen molar-refractivity contribution >= 4 is 17.0 Å². The monoisotopic (exact) mass is 442 g/mol. The summed E-state index contributed by atoms with van der Waals surface area (Å²) in [6.45, 7) is 5.43. The summed E-state index contributed by atoms with van der Waals surface area (Å²) in [6, 6.07) is 2.81. The van der Waals surface area contributed by atoms with Crippen molar-refractivity contribution in [1.82, 2.24) is 29.5 Å². The molecule has 0 aliphatic carbocycles. The maximum Gasteiger partial charge on any atom is 0.341 e. The van der Waals surface area contributed by atoms with Gasteiger partial charge in [0, 0.05) is 17.8 Å². The Hall–Kier alpha value is -3.89. The molecule has 0 unspecified atom stereocenters. The van der Waals surface area contributed by atoms with E-state index in [2.05, 4.69) is 20.2 Å². The highest BCUT2D eigenvalue weighted by molar-refractivity contribution is 5.89.